The maximum atomic E-state index is 12.7. The van der Waals surface area contributed by atoms with Crippen LogP contribution in [0.3, 0.4) is 0 Å². The number of aromatic nitrogens is 2. The number of aryl methyl sites for hydroxylation is 2. The molecule has 0 saturated carbocycles. The third-order valence-electron chi connectivity index (χ3n) is 5.24. The van der Waals surface area contributed by atoms with Crippen molar-refractivity contribution in [3.05, 3.63) is 39.8 Å². The smallest absolute Gasteiger partial charge is 0.272 e. The van der Waals surface area contributed by atoms with Gasteiger partial charge in [0, 0.05) is 37.3 Å². The van der Waals surface area contributed by atoms with Crippen molar-refractivity contribution in [2.24, 2.45) is 0 Å². The lowest BCUT2D eigenvalue weighted by atomic mass is 10.0. The Bertz CT molecular complexity index is 898. The molecular weight excluding hydrogens is 344 g/mol. The predicted octanol–water partition coefficient (Wildman–Crippen LogP) is 1.57. The van der Waals surface area contributed by atoms with Crippen LogP contribution in [0, 0.1) is 6.92 Å². The molecule has 2 heterocycles. The minimum absolute atomic E-state index is 0.0885. The summed E-state index contributed by atoms with van der Waals surface area (Å²) in [6.07, 6.45) is 0. The number of amides is 1. The van der Waals surface area contributed by atoms with Gasteiger partial charge in [-0.1, -0.05) is 0 Å². The summed E-state index contributed by atoms with van der Waals surface area (Å²) in [5, 5.41) is 3.04. The third kappa shape index (κ3) is 4.04. The van der Waals surface area contributed by atoms with Gasteiger partial charge in [0.1, 0.15) is 5.69 Å². The number of carbonyl (C=O) groups excluding carboxylic acids is 1. The summed E-state index contributed by atoms with van der Waals surface area (Å²) >= 11 is 0. The van der Waals surface area contributed by atoms with Crippen molar-refractivity contribution < 1.29 is 9.53 Å². The van der Waals surface area contributed by atoms with Gasteiger partial charge >= 0.3 is 0 Å². The largest absolute Gasteiger partial charge is 0.379 e. The van der Waals surface area contributed by atoms with Crippen LogP contribution >= 0.6 is 0 Å². The summed E-state index contributed by atoms with van der Waals surface area (Å²) in [4.78, 5) is 31.6. The molecule has 2 aromatic rings. The summed E-state index contributed by atoms with van der Waals surface area (Å²) in [7, 11) is 0. The van der Waals surface area contributed by atoms with Crippen LogP contribution in [0.5, 0.6) is 0 Å². The van der Waals surface area contributed by atoms with Gasteiger partial charge < -0.3 is 14.6 Å². The second-order valence-corrected chi connectivity index (χ2v) is 7.54. The molecule has 0 spiro atoms. The number of ether oxygens (including phenoxy) is 1. The van der Waals surface area contributed by atoms with Gasteiger partial charge in [-0.15, -0.1) is 0 Å². The van der Waals surface area contributed by atoms with E-state index in [1.165, 1.54) is 0 Å². The van der Waals surface area contributed by atoms with Gasteiger partial charge in [0.15, 0.2) is 0 Å². The summed E-state index contributed by atoms with van der Waals surface area (Å²) in [6.45, 7) is 12.2. The van der Waals surface area contributed by atoms with Crippen molar-refractivity contribution in [1.29, 1.82) is 0 Å². The highest BCUT2D eigenvalue weighted by Crippen LogP contribution is 2.17. The predicted molar refractivity (Wildman–Crippen MR) is 105 cm³/mol. The topological polar surface area (TPSA) is 76.5 Å². The number of morpholine rings is 1. The van der Waals surface area contributed by atoms with Gasteiger partial charge in [-0.25, -0.2) is 4.98 Å². The Morgan fingerprint density at radius 3 is 2.67 bits per heavy atom. The number of nitrogens with one attached hydrogen (secondary N) is 1. The highest BCUT2D eigenvalue weighted by molar-refractivity contribution is 5.97. The van der Waals surface area contributed by atoms with Crippen LogP contribution in [0.2, 0.25) is 0 Å². The van der Waals surface area contributed by atoms with Crippen LogP contribution in [0.25, 0.3) is 11.0 Å². The molecule has 1 aliphatic heterocycles. The van der Waals surface area contributed by atoms with Gasteiger partial charge in [-0.3, -0.25) is 14.5 Å². The minimum Gasteiger partial charge on any atom is -0.379 e. The summed E-state index contributed by atoms with van der Waals surface area (Å²) in [6, 6.07) is 5.31. The van der Waals surface area contributed by atoms with Crippen molar-refractivity contribution in [1.82, 2.24) is 19.8 Å². The van der Waals surface area contributed by atoms with Crippen LogP contribution in [0.1, 0.15) is 36.8 Å². The van der Waals surface area contributed by atoms with Crippen LogP contribution < -0.4 is 10.9 Å². The standard InChI is InChI=1S/C20H28N4O3/c1-5-24-17-7-6-15(12-16(17)22-14(2)19(24)26)18(25)21-13-20(3,4)23-8-10-27-11-9-23/h6-7,12H,5,8-11,13H2,1-4H3,(H,21,25). The second-order valence-electron chi connectivity index (χ2n) is 7.54. The lowest BCUT2D eigenvalue weighted by Gasteiger charge is -2.40. The Hall–Kier alpha value is -2.25. The Balaban J connectivity index is 1.77. The molecule has 0 bridgehead atoms. The molecule has 3 rings (SSSR count). The van der Waals surface area contributed by atoms with E-state index >= 15 is 0 Å². The van der Waals surface area contributed by atoms with Gasteiger partial charge in [0.25, 0.3) is 11.5 Å². The van der Waals surface area contributed by atoms with Crippen LogP contribution in [0.4, 0.5) is 0 Å². The quantitative estimate of drug-likeness (QED) is 0.862. The average Bonchev–Trinajstić information content (AvgIpc) is 2.67. The highest BCUT2D eigenvalue weighted by atomic mass is 16.5. The van der Waals surface area contributed by atoms with E-state index < -0.39 is 0 Å². The van der Waals surface area contributed by atoms with Crippen LogP contribution in [-0.2, 0) is 11.3 Å². The normalized spacial score (nSPS) is 15.9. The Kier molecular flexibility index (Phi) is 5.62. The van der Waals surface area contributed by atoms with Crippen LogP contribution in [0.15, 0.2) is 23.0 Å². The molecule has 1 saturated heterocycles. The van der Waals surface area contributed by atoms with E-state index in [-0.39, 0.29) is 17.0 Å². The number of carbonyl (C=O) groups is 1. The minimum atomic E-state index is -0.145. The van der Waals surface area contributed by atoms with Crippen molar-refractivity contribution >= 4 is 16.9 Å². The number of rotatable bonds is 5. The van der Waals surface area contributed by atoms with E-state index in [2.05, 4.69) is 29.0 Å². The number of benzene rings is 1. The first-order valence-electron chi connectivity index (χ1n) is 9.45. The fraction of sp³-hybridized carbons (Fsp3) is 0.550. The lowest BCUT2D eigenvalue weighted by molar-refractivity contribution is -0.00923. The maximum Gasteiger partial charge on any atom is 0.272 e. The number of fused-ring (bicyclic) bond motifs is 1. The molecule has 0 atom stereocenters. The molecule has 1 aliphatic rings. The average molecular weight is 372 g/mol. The molecule has 1 aromatic heterocycles. The van der Waals surface area contributed by atoms with Gasteiger partial charge in [0.05, 0.1) is 24.2 Å². The van der Waals surface area contributed by atoms with Crippen molar-refractivity contribution in [3.8, 4) is 0 Å². The fourth-order valence-electron chi connectivity index (χ4n) is 3.51. The molecule has 0 unspecified atom stereocenters. The Morgan fingerprint density at radius 1 is 1.30 bits per heavy atom. The zero-order valence-electron chi connectivity index (χ0n) is 16.5. The molecule has 1 fully saturated rings. The molecule has 1 aromatic carbocycles. The van der Waals surface area contributed by atoms with E-state index in [1.807, 2.05) is 6.92 Å². The molecule has 0 radical (unpaired) electrons. The zero-order chi connectivity index (χ0) is 19.6. The first-order chi connectivity index (χ1) is 12.8. The fourth-order valence-corrected chi connectivity index (χ4v) is 3.51. The van der Waals surface area contributed by atoms with E-state index in [0.717, 1.165) is 31.8 Å². The molecule has 7 nitrogen and oxygen atoms in total. The van der Waals surface area contributed by atoms with Gasteiger partial charge in [0.2, 0.25) is 0 Å². The van der Waals surface area contributed by atoms with Crippen molar-refractivity contribution in [2.75, 3.05) is 32.8 Å². The monoisotopic (exact) mass is 372 g/mol. The van der Waals surface area contributed by atoms with E-state index in [9.17, 15) is 9.59 Å². The second kappa shape index (κ2) is 7.78. The van der Waals surface area contributed by atoms with E-state index in [0.29, 0.717) is 29.9 Å². The lowest BCUT2D eigenvalue weighted by Crippen LogP contribution is -2.55. The highest BCUT2D eigenvalue weighted by Gasteiger charge is 2.28. The first kappa shape index (κ1) is 19.5. The maximum absolute atomic E-state index is 12.7. The molecule has 7 heteroatoms. The number of hydrogen-bond acceptors (Lipinski definition) is 5. The van der Waals surface area contributed by atoms with Crippen molar-refractivity contribution in [2.45, 2.75) is 39.8 Å². The number of hydrogen-bond donors (Lipinski definition) is 1. The van der Waals surface area contributed by atoms with Gasteiger partial charge in [-0.2, -0.15) is 0 Å². The number of nitrogens with zero attached hydrogens (tertiary/aromatic N) is 3. The Morgan fingerprint density at radius 2 is 2.00 bits per heavy atom. The van der Waals surface area contributed by atoms with E-state index in [1.54, 1.807) is 29.7 Å². The summed E-state index contributed by atoms with van der Waals surface area (Å²) in [5.41, 5.74) is 2.17. The summed E-state index contributed by atoms with van der Waals surface area (Å²) < 4.78 is 7.09. The van der Waals surface area contributed by atoms with Crippen LogP contribution in [-0.4, -0.2) is 58.7 Å². The first-order valence-corrected chi connectivity index (χ1v) is 9.45. The summed E-state index contributed by atoms with van der Waals surface area (Å²) in [5.74, 6) is -0.132. The molecule has 0 aliphatic carbocycles. The molecule has 1 amide bonds. The molecular formula is C20H28N4O3. The Labute approximate surface area is 159 Å². The SMILES string of the molecule is CCn1c(=O)c(C)nc2cc(C(=O)NCC(C)(C)N3CCOCC3)ccc21. The third-order valence-corrected chi connectivity index (χ3v) is 5.24. The molecule has 146 valence electrons. The zero-order valence-corrected chi connectivity index (χ0v) is 16.5. The molecule has 1 N–H and O–H groups in total. The van der Waals surface area contributed by atoms with E-state index in [4.69, 9.17) is 4.74 Å². The van der Waals surface area contributed by atoms with Crippen molar-refractivity contribution in [3.63, 3.8) is 0 Å². The van der Waals surface area contributed by atoms with Gasteiger partial charge in [-0.05, 0) is 45.9 Å². The molecule has 27 heavy (non-hydrogen) atoms.